The van der Waals surface area contributed by atoms with Gasteiger partial charge < -0.3 is 14.8 Å². The number of tetrazole rings is 1. The maximum Gasteiger partial charge on any atom is 0.272 e. The fraction of sp³-hybridized carbons (Fsp3) is 0.292. The number of carbonyl (C=O) groups is 1. The van der Waals surface area contributed by atoms with Crippen molar-refractivity contribution in [2.45, 2.75) is 33.3 Å². The molecular formula is C24H25N7O3S. The Bertz CT molecular complexity index is 1370. The Morgan fingerprint density at radius 2 is 2.26 bits per heavy atom. The molecule has 0 saturated heterocycles. The van der Waals surface area contributed by atoms with Crippen LogP contribution < -0.4 is 14.8 Å². The van der Waals surface area contributed by atoms with Gasteiger partial charge in [0.25, 0.3) is 5.91 Å². The first-order chi connectivity index (χ1) is 17.0. The number of nitrogens with one attached hydrogen (secondary N) is 2. The second kappa shape index (κ2) is 9.71. The van der Waals surface area contributed by atoms with Crippen LogP contribution in [0.15, 0.2) is 34.5 Å². The lowest BCUT2D eigenvalue weighted by molar-refractivity contribution is 0.0945. The Balaban J connectivity index is 1.51. The van der Waals surface area contributed by atoms with Crippen LogP contribution in [0.5, 0.6) is 11.5 Å². The second-order valence-electron chi connectivity index (χ2n) is 8.38. The van der Waals surface area contributed by atoms with Gasteiger partial charge in [0.1, 0.15) is 23.9 Å². The Morgan fingerprint density at radius 3 is 2.97 bits per heavy atom. The molecular weight excluding hydrogens is 466 g/mol. The fourth-order valence-corrected chi connectivity index (χ4v) is 4.68. The summed E-state index contributed by atoms with van der Waals surface area (Å²) in [6.45, 7) is 4.79. The van der Waals surface area contributed by atoms with Crippen LogP contribution >= 0.6 is 11.3 Å². The van der Waals surface area contributed by atoms with Gasteiger partial charge in [-0.05, 0) is 48.2 Å². The summed E-state index contributed by atoms with van der Waals surface area (Å²) >= 11 is 1.58. The molecule has 10 nitrogen and oxygen atoms in total. The first-order valence-electron chi connectivity index (χ1n) is 11.2. The standard InChI is InChI=1S/C24H25N7O3S/c1-14(2)9-15-10-17-20(11-19(15)33-3)34-12-18-22(28-31(23(17)18)16-6-8-35-13-16)24(32)25-7-4-5-21-26-29-30-27-21/h6,8-11,13H,4-5,7,12H2,1-3H3,(H,25,32)(H,26,27,29,30). The number of hydrogen-bond acceptors (Lipinski definition) is 8. The Labute approximate surface area is 206 Å². The first kappa shape index (κ1) is 22.8. The van der Waals surface area contributed by atoms with E-state index in [1.807, 2.05) is 47.5 Å². The molecule has 0 atom stereocenters. The molecule has 0 aliphatic carbocycles. The predicted molar refractivity (Wildman–Crippen MR) is 132 cm³/mol. The van der Waals surface area contributed by atoms with Crippen LogP contribution in [0.25, 0.3) is 23.0 Å². The zero-order valence-electron chi connectivity index (χ0n) is 19.7. The molecule has 1 aliphatic heterocycles. The lowest BCUT2D eigenvalue weighted by atomic mass is 9.98. The van der Waals surface area contributed by atoms with Gasteiger partial charge in [-0.3, -0.25) is 4.79 Å². The number of H-pyrrole nitrogens is 1. The molecule has 4 heterocycles. The van der Waals surface area contributed by atoms with Crippen LogP contribution in [0.1, 0.15) is 47.7 Å². The highest BCUT2D eigenvalue weighted by molar-refractivity contribution is 7.08. The average Bonchev–Trinajstić information content (AvgIpc) is 3.61. The molecule has 0 unspecified atom stereocenters. The molecule has 1 aromatic carbocycles. The third kappa shape index (κ3) is 4.54. The number of aromatic amines is 1. The molecule has 1 aliphatic rings. The Kier molecular flexibility index (Phi) is 6.32. The van der Waals surface area contributed by atoms with Crippen molar-refractivity contribution in [3.05, 3.63) is 57.2 Å². The maximum atomic E-state index is 13.2. The highest BCUT2D eigenvalue weighted by Crippen LogP contribution is 2.44. The monoisotopic (exact) mass is 491 g/mol. The van der Waals surface area contributed by atoms with Crippen LogP contribution in [-0.4, -0.2) is 50.0 Å². The van der Waals surface area contributed by atoms with Crippen LogP contribution in [0.2, 0.25) is 0 Å². The number of thiophene rings is 1. The zero-order chi connectivity index (χ0) is 24.4. The predicted octanol–water partition coefficient (Wildman–Crippen LogP) is 3.80. The third-order valence-electron chi connectivity index (χ3n) is 5.62. The summed E-state index contributed by atoms with van der Waals surface area (Å²) < 4.78 is 13.5. The number of hydrogen-bond donors (Lipinski definition) is 2. The third-order valence-corrected chi connectivity index (χ3v) is 6.29. The number of methoxy groups -OCH3 is 1. The van der Waals surface area contributed by atoms with E-state index in [-0.39, 0.29) is 12.5 Å². The van der Waals surface area contributed by atoms with Crippen LogP contribution in [0.3, 0.4) is 0 Å². The molecule has 11 heteroatoms. The summed E-state index contributed by atoms with van der Waals surface area (Å²) in [4.78, 5) is 13.2. The quantitative estimate of drug-likeness (QED) is 0.360. The van der Waals surface area contributed by atoms with Crippen molar-refractivity contribution in [3.63, 3.8) is 0 Å². The van der Waals surface area contributed by atoms with E-state index in [1.54, 1.807) is 18.4 Å². The van der Waals surface area contributed by atoms with Crippen molar-refractivity contribution < 1.29 is 14.3 Å². The summed E-state index contributed by atoms with van der Waals surface area (Å²) in [5, 5.41) is 25.4. The van der Waals surface area contributed by atoms with E-state index in [1.165, 1.54) is 0 Å². The number of carbonyl (C=O) groups excluding carboxylic acids is 1. The highest BCUT2D eigenvalue weighted by Gasteiger charge is 2.31. The van der Waals surface area contributed by atoms with Gasteiger partial charge in [-0.1, -0.05) is 11.6 Å². The van der Waals surface area contributed by atoms with Crippen molar-refractivity contribution in [1.29, 1.82) is 0 Å². The summed E-state index contributed by atoms with van der Waals surface area (Å²) in [5.74, 6) is 1.88. The zero-order valence-corrected chi connectivity index (χ0v) is 20.5. The normalized spacial score (nSPS) is 11.9. The van der Waals surface area contributed by atoms with Crippen molar-refractivity contribution in [3.8, 4) is 28.4 Å². The molecule has 1 amide bonds. The van der Waals surface area contributed by atoms with Gasteiger partial charge in [0, 0.05) is 41.1 Å². The first-order valence-corrected chi connectivity index (χ1v) is 12.1. The number of amides is 1. The summed E-state index contributed by atoms with van der Waals surface area (Å²) in [6.07, 6.45) is 3.40. The molecule has 5 rings (SSSR count). The molecule has 0 spiro atoms. The van der Waals surface area contributed by atoms with E-state index in [2.05, 4.69) is 32.0 Å². The van der Waals surface area contributed by atoms with Crippen molar-refractivity contribution in [1.82, 2.24) is 35.7 Å². The molecule has 180 valence electrons. The number of aromatic nitrogens is 6. The summed E-state index contributed by atoms with van der Waals surface area (Å²) in [6, 6.07) is 5.92. The van der Waals surface area contributed by atoms with Crippen LogP contribution in [0, 0.1) is 0 Å². The van der Waals surface area contributed by atoms with Gasteiger partial charge in [0.15, 0.2) is 5.69 Å². The van der Waals surface area contributed by atoms with E-state index in [0.29, 0.717) is 36.7 Å². The van der Waals surface area contributed by atoms with E-state index in [0.717, 1.165) is 39.4 Å². The highest BCUT2D eigenvalue weighted by atomic mass is 32.1. The van der Waals surface area contributed by atoms with Crippen LogP contribution in [-0.2, 0) is 13.0 Å². The number of benzene rings is 1. The van der Waals surface area contributed by atoms with E-state index in [4.69, 9.17) is 14.6 Å². The Hall–Kier alpha value is -3.99. The molecule has 35 heavy (non-hydrogen) atoms. The molecule has 2 N–H and O–H groups in total. The molecule has 0 bridgehead atoms. The van der Waals surface area contributed by atoms with Crippen molar-refractivity contribution in [2.75, 3.05) is 13.7 Å². The fourth-order valence-electron chi connectivity index (χ4n) is 4.07. The minimum atomic E-state index is -0.240. The van der Waals surface area contributed by atoms with E-state index < -0.39 is 0 Å². The van der Waals surface area contributed by atoms with Gasteiger partial charge in [0.2, 0.25) is 0 Å². The number of nitrogens with zero attached hydrogens (tertiary/aromatic N) is 5. The summed E-state index contributed by atoms with van der Waals surface area (Å²) in [5.41, 5.74) is 5.83. The SMILES string of the molecule is COc1cc2c(cc1C=C(C)C)-c1c(c(C(=O)NCCCc3nnn[nH]3)nn1-c1ccsc1)CO2. The number of allylic oxidation sites excluding steroid dienone is 1. The topological polar surface area (TPSA) is 120 Å². The van der Waals surface area contributed by atoms with Crippen LogP contribution in [0.4, 0.5) is 0 Å². The number of aryl methyl sites for hydroxylation is 1. The molecule has 4 aromatic rings. The van der Waals surface area contributed by atoms with Crippen molar-refractivity contribution >= 4 is 23.3 Å². The van der Waals surface area contributed by atoms with Gasteiger partial charge in [-0.25, -0.2) is 9.78 Å². The molecule has 3 aromatic heterocycles. The lowest BCUT2D eigenvalue weighted by Gasteiger charge is -2.21. The number of ether oxygens (including phenoxy) is 2. The lowest BCUT2D eigenvalue weighted by Crippen LogP contribution is -2.26. The molecule has 0 radical (unpaired) electrons. The van der Waals surface area contributed by atoms with E-state index in [9.17, 15) is 4.79 Å². The number of fused-ring (bicyclic) bond motifs is 3. The molecule has 0 saturated carbocycles. The number of rotatable bonds is 8. The van der Waals surface area contributed by atoms with Gasteiger partial charge >= 0.3 is 0 Å². The minimum Gasteiger partial charge on any atom is -0.496 e. The van der Waals surface area contributed by atoms with Crippen molar-refractivity contribution in [2.24, 2.45) is 0 Å². The largest absolute Gasteiger partial charge is 0.496 e. The van der Waals surface area contributed by atoms with E-state index >= 15 is 0 Å². The Morgan fingerprint density at radius 1 is 1.37 bits per heavy atom. The van der Waals surface area contributed by atoms with Gasteiger partial charge in [0.05, 0.1) is 18.5 Å². The van der Waals surface area contributed by atoms with Gasteiger partial charge in [-0.15, -0.1) is 5.10 Å². The average molecular weight is 492 g/mol. The second-order valence-corrected chi connectivity index (χ2v) is 9.16. The summed E-state index contributed by atoms with van der Waals surface area (Å²) in [7, 11) is 1.65. The van der Waals surface area contributed by atoms with Gasteiger partial charge in [-0.2, -0.15) is 16.4 Å². The smallest absolute Gasteiger partial charge is 0.272 e. The minimum absolute atomic E-state index is 0.240. The molecule has 0 fully saturated rings. The maximum absolute atomic E-state index is 13.2.